The molecule has 1 amide bonds. The molecule has 3 rings (SSSR count). The number of nitrogens with one attached hydrogen (secondary N) is 2. The number of benzene rings is 2. The molecule has 0 radical (unpaired) electrons. The monoisotopic (exact) mass is 344 g/mol. The SMILES string of the molecule is O=C1Nc2ccccc2CCC1NCc1ccc(Br)cc1. The van der Waals surface area contributed by atoms with E-state index in [2.05, 4.69) is 44.8 Å². The van der Waals surface area contributed by atoms with Gasteiger partial charge in [-0.1, -0.05) is 46.3 Å². The van der Waals surface area contributed by atoms with Crippen molar-refractivity contribution in [3.05, 3.63) is 64.1 Å². The Hall–Kier alpha value is -1.65. The number of halogens is 1. The van der Waals surface area contributed by atoms with E-state index in [1.165, 1.54) is 11.1 Å². The molecule has 1 atom stereocenters. The first kappa shape index (κ1) is 14.3. The first-order valence-corrected chi connectivity index (χ1v) is 7.88. The standard InChI is InChI=1S/C17H17BrN2O/c18-14-8-5-12(6-9-14)11-19-16-10-7-13-3-1-2-4-15(13)20-17(16)21/h1-6,8-9,16,19H,7,10-11H2,(H,20,21). The molecule has 0 aromatic heterocycles. The Labute approximate surface area is 132 Å². The first-order valence-electron chi connectivity index (χ1n) is 7.09. The third-order valence-electron chi connectivity index (χ3n) is 3.76. The molecule has 21 heavy (non-hydrogen) atoms. The van der Waals surface area contributed by atoms with E-state index in [1.807, 2.05) is 30.3 Å². The zero-order valence-electron chi connectivity index (χ0n) is 11.6. The number of aryl methyl sites for hydroxylation is 1. The van der Waals surface area contributed by atoms with Gasteiger partial charge in [-0.25, -0.2) is 0 Å². The number of anilines is 1. The molecule has 1 aliphatic heterocycles. The Balaban J connectivity index is 1.64. The molecule has 0 aliphatic carbocycles. The molecule has 3 nitrogen and oxygen atoms in total. The van der Waals surface area contributed by atoms with Crippen molar-refractivity contribution >= 4 is 27.5 Å². The van der Waals surface area contributed by atoms with Gasteiger partial charge >= 0.3 is 0 Å². The van der Waals surface area contributed by atoms with Gasteiger partial charge in [-0.3, -0.25) is 4.79 Å². The third kappa shape index (κ3) is 3.52. The molecule has 0 saturated carbocycles. The first-order chi connectivity index (χ1) is 10.2. The lowest BCUT2D eigenvalue weighted by Crippen LogP contribution is -2.39. The summed E-state index contributed by atoms with van der Waals surface area (Å²) in [6, 6.07) is 16.0. The second-order valence-electron chi connectivity index (χ2n) is 5.25. The molecule has 4 heteroatoms. The van der Waals surface area contributed by atoms with Crippen molar-refractivity contribution in [3.8, 4) is 0 Å². The summed E-state index contributed by atoms with van der Waals surface area (Å²) in [5.41, 5.74) is 3.32. The molecule has 0 saturated heterocycles. The summed E-state index contributed by atoms with van der Waals surface area (Å²) in [4.78, 5) is 12.3. The predicted octanol–water partition coefficient (Wildman–Crippen LogP) is 3.49. The summed E-state index contributed by atoms with van der Waals surface area (Å²) >= 11 is 3.43. The summed E-state index contributed by atoms with van der Waals surface area (Å²) in [6.07, 6.45) is 1.73. The van der Waals surface area contributed by atoms with Gasteiger partial charge in [-0.15, -0.1) is 0 Å². The zero-order valence-corrected chi connectivity index (χ0v) is 13.2. The Bertz CT molecular complexity index is 639. The van der Waals surface area contributed by atoms with Crippen molar-refractivity contribution in [2.45, 2.75) is 25.4 Å². The highest BCUT2D eigenvalue weighted by molar-refractivity contribution is 9.10. The molecule has 0 spiro atoms. The maximum Gasteiger partial charge on any atom is 0.241 e. The molecule has 1 unspecified atom stereocenters. The van der Waals surface area contributed by atoms with E-state index >= 15 is 0 Å². The number of rotatable bonds is 3. The maximum absolute atomic E-state index is 12.3. The summed E-state index contributed by atoms with van der Waals surface area (Å²) in [5, 5.41) is 6.36. The molecule has 2 aromatic rings. The molecule has 0 fully saturated rings. The normalized spacial score (nSPS) is 17.8. The molecule has 2 N–H and O–H groups in total. The van der Waals surface area contributed by atoms with Crippen molar-refractivity contribution in [2.75, 3.05) is 5.32 Å². The summed E-state index contributed by atoms with van der Waals surface area (Å²) in [7, 11) is 0. The minimum atomic E-state index is -0.152. The van der Waals surface area contributed by atoms with E-state index in [0.29, 0.717) is 6.54 Å². The zero-order chi connectivity index (χ0) is 14.7. The lowest BCUT2D eigenvalue weighted by molar-refractivity contribution is -0.118. The van der Waals surface area contributed by atoms with Crippen molar-refractivity contribution in [1.29, 1.82) is 0 Å². The minimum absolute atomic E-state index is 0.0528. The largest absolute Gasteiger partial charge is 0.324 e. The number of carbonyl (C=O) groups is 1. The van der Waals surface area contributed by atoms with Gasteiger partial charge < -0.3 is 10.6 Å². The summed E-state index contributed by atoms with van der Waals surface area (Å²) in [6.45, 7) is 0.696. The molecular weight excluding hydrogens is 328 g/mol. The number of hydrogen-bond acceptors (Lipinski definition) is 2. The van der Waals surface area contributed by atoms with E-state index in [1.54, 1.807) is 0 Å². The van der Waals surface area contributed by atoms with Crippen LogP contribution in [-0.4, -0.2) is 11.9 Å². The average Bonchev–Trinajstić information content (AvgIpc) is 2.65. The topological polar surface area (TPSA) is 41.1 Å². The van der Waals surface area contributed by atoms with Gasteiger partial charge in [-0.05, 0) is 42.2 Å². The second kappa shape index (κ2) is 6.41. The molecule has 1 heterocycles. The van der Waals surface area contributed by atoms with Crippen LogP contribution in [0, 0.1) is 0 Å². The van der Waals surface area contributed by atoms with Crippen LogP contribution in [0.3, 0.4) is 0 Å². The second-order valence-corrected chi connectivity index (χ2v) is 6.16. The quantitative estimate of drug-likeness (QED) is 0.894. The maximum atomic E-state index is 12.3. The minimum Gasteiger partial charge on any atom is -0.324 e. The lowest BCUT2D eigenvalue weighted by atomic mass is 10.1. The molecule has 2 aromatic carbocycles. The smallest absolute Gasteiger partial charge is 0.241 e. The van der Waals surface area contributed by atoms with Gasteiger partial charge in [0.25, 0.3) is 0 Å². The van der Waals surface area contributed by atoms with Crippen molar-refractivity contribution in [2.24, 2.45) is 0 Å². The van der Waals surface area contributed by atoms with Crippen molar-refractivity contribution in [1.82, 2.24) is 5.32 Å². The van der Waals surface area contributed by atoms with Crippen LogP contribution in [0.25, 0.3) is 0 Å². The van der Waals surface area contributed by atoms with Crippen LogP contribution in [0.15, 0.2) is 53.0 Å². The number of fused-ring (bicyclic) bond motifs is 1. The van der Waals surface area contributed by atoms with Crippen LogP contribution < -0.4 is 10.6 Å². The molecule has 1 aliphatic rings. The predicted molar refractivity (Wildman–Crippen MR) is 88.2 cm³/mol. The molecule has 0 bridgehead atoms. The highest BCUT2D eigenvalue weighted by Gasteiger charge is 2.22. The van der Waals surface area contributed by atoms with Crippen LogP contribution in [0.4, 0.5) is 5.69 Å². The van der Waals surface area contributed by atoms with Gasteiger partial charge in [0, 0.05) is 16.7 Å². The van der Waals surface area contributed by atoms with Crippen LogP contribution >= 0.6 is 15.9 Å². The van der Waals surface area contributed by atoms with Gasteiger partial charge in [0.1, 0.15) is 0 Å². The fourth-order valence-electron chi connectivity index (χ4n) is 2.55. The average molecular weight is 345 g/mol. The Morgan fingerprint density at radius 1 is 1.14 bits per heavy atom. The van der Waals surface area contributed by atoms with Gasteiger partial charge in [-0.2, -0.15) is 0 Å². The summed E-state index contributed by atoms with van der Waals surface area (Å²) in [5.74, 6) is 0.0528. The lowest BCUT2D eigenvalue weighted by Gasteiger charge is -2.15. The fraction of sp³-hybridized carbons (Fsp3) is 0.235. The number of para-hydroxylation sites is 1. The van der Waals surface area contributed by atoms with E-state index in [9.17, 15) is 4.79 Å². The fourth-order valence-corrected chi connectivity index (χ4v) is 2.81. The molecule has 108 valence electrons. The van der Waals surface area contributed by atoms with Crippen molar-refractivity contribution in [3.63, 3.8) is 0 Å². The third-order valence-corrected chi connectivity index (χ3v) is 4.29. The van der Waals surface area contributed by atoms with Gasteiger partial charge in [0.15, 0.2) is 0 Å². The molecular formula is C17H17BrN2O. The van der Waals surface area contributed by atoms with Crippen LogP contribution in [-0.2, 0) is 17.8 Å². The van der Waals surface area contributed by atoms with Crippen LogP contribution in [0.2, 0.25) is 0 Å². The van der Waals surface area contributed by atoms with E-state index in [0.717, 1.165) is 23.0 Å². The van der Waals surface area contributed by atoms with Gasteiger partial charge in [0.05, 0.1) is 6.04 Å². The van der Waals surface area contributed by atoms with Crippen LogP contribution in [0.1, 0.15) is 17.5 Å². The van der Waals surface area contributed by atoms with Gasteiger partial charge in [0.2, 0.25) is 5.91 Å². The van der Waals surface area contributed by atoms with Crippen molar-refractivity contribution < 1.29 is 4.79 Å². The number of carbonyl (C=O) groups excluding carboxylic acids is 1. The number of amides is 1. The highest BCUT2D eigenvalue weighted by atomic mass is 79.9. The summed E-state index contributed by atoms with van der Waals surface area (Å²) < 4.78 is 1.06. The Kier molecular flexibility index (Phi) is 4.36. The highest BCUT2D eigenvalue weighted by Crippen LogP contribution is 2.21. The Morgan fingerprint density at radius 3 is 2.71 bits per heavy atom. The van der Waals surface area contributed by atoms with E-state index in [-0.39, 0.29) is 11.9 Å². The van der Waals surface area contributed by atoms with Crippen LogP contribution in [0.5, 0.6) is 0 Å². The Morgan fingerprint density at radius 2 is 1.90 bits per heavy atom. The van der Waals surface area contributed by atoms with E-state index in [4.69, 9.17) is 0 Å². The number of hydrogen-bond donors (Lipinski definition) is 2. The van der Waals surface area contributed by atoms with E-state index < -0.39 is 0 Å².